The van der Waals surface area contributed by atoms with Crippen LogP contribution in [0.5, 0.6) is 5.88 Å². The van der Waals surface area contributed by atoms with Crippen molar-refractivity contribution in [2.75, 3.05) is 32.8 Å². The highest BCUT2D eigenvalue weighted by Gasteiger charge is 2.28. The lowest BCUT2D eigenvalue weighted by molar-refractivity contribution is 0.0515. The second kappa shape index (κ2) is 7.16. The molecule has 2 aromatic heterocycles. The van der Waals surface area contributed by atoms with Crippen LogP contribution in [0.25, 0.3) is 0 Å². The molecule has 0 bridgehead atoms. The van der Waals surface area contributed by atoms with Crippen molar-refractivity contribution in [2.24, 2.45) is 0 Å². The number of piperazine rings is 1. The Balaban J connectivity index is 1.64. The number of hydrogen-bond donors (Lipinski definition) is 0. The van der Waals surface area contributed by atoms with Gasteiger partial charge in [0.2, 0.25) is 5.88 Å². The Bertz CT molecular complexity index is 706. The van der Waals surface area contributed by atoms with E-state index in [1.165, 1.54) is 6.26 Å². The van der Waals surface area contributed by atoms with Crippen molar-refractivity contribution >= 4 is 11.8 Å². The Morgan fingerprint density at radius 3 is 2.46 bits per heavy atom. The highest BCUT2D eigenvalue weighted by molar-refractivity contribution is 5.96. The lowest BCUT2D eigenvalue weighted by Gasteiger charge is -2.34. The molecule has 1 aliphatic rings. The van der Waals surface area contributed by atoms with Crippen LogP contribution >= 0.6 is 0 Å². The van der Waals surface area contributed by atoms with Crippen molar-refractivity contribution in [1.29, 1.82) is 0 Å². The molecule has 3 heterocycles. The zero-order chi connectivity index (χ0) is 16.9. The molecule has 24 heavy (non-hydrogen) atoms. The number of pyridine rings is 1. The van der Waals surface area contributed by atoms with E-state index in [1.807, 2.05) is 6.92 Å². The van der Waals surface area contributed by atoms with Gasteiger partial charge in [0.1, 0.15) is 5.56 Å². The van der Waals surface area contributed by atoms with Crippen molar-refractivity contribution in [3.05, 3.63) is 48.0 Å². The first-order valence-electron chi connectivity index (χ1n) is 7.90. The van der Waals surface area contributed by atoms with Crippen molar-refractivity contribution in [3.8, 4) is 5.88 Å². The predicted molar refractivity (Wildman–Crippen MR) is 85.9 cm³/mol. The Kier molecular flexibility index (Phi) is 4.79. The fourth-order valence-corrected chi connectivity index (χ4v) is 2.64. The topological polar surface area (TPSA) is 75.9 Å². The van der Waals surface area contributed by atoms with Crippen LogP contribution in [0.1, 0.15) is 27.8 Å². The molecular formula is C17H19N3O4. The first kappa shape index (κ1) is 16.0. The lowest BCUT2D eigenvalue weighted by atomic mass is 10.2. The molecule has 0 N–H and O–H groups in total. The molecule has 7 heteroatoms. The maximum atomic E-state index is 12.7. The normalized spacial score (nSPS) is 14.5. The van der Waals surface area contributed by atoms with Crippen LogP contribution in [-0.4, -0.2) is 59.4 Å². The third kappa shape index (κ3) is 3.24. The molecule has 0 aliphatic carbocycles. The first-order chi connectivity index (χ1) is 11.7. The Morgan fingerprint density at radius 1 is 1.12 bits per heavy atom. The van der Waals surface area contributed by atoms with Crippen molar-refractivity contribution in [3.63, 3.8) is 0 Å². The van der Waals surface area contributed by atoms with Crippen molar-refractivity contribution in [2.45, 2.75) is 6.92 Å². The predicted octanol–water partition coefficient (Wildman–Crippen LogP) is 1.67. The number of amides is 2. The van der Waals surface area contributed by atoms with Crippen LogP contribution < -0.4 is 4.74 Å². The van der Waals surface area contributed by atoms with Crippen LogP contribution in [0.4, 0.5) is 0 Å². The second-order valence-corrected chi connectivity index (χ2v) is 5.35. The summed E-state index contributed by atoms with van der Waals surface area (Å²) >= 11 is 0. The quantitative estimate of drug-likeness (QED) is 0.853. The number of ether oxygens (including phenoxy) is 1. The van der Waals surface area contributed by atoms with Gasteiger partial charge in [0.15, 0.2) is 5.76 Å². The van der Waals surface area contributed by atoms with Gasteiger partial charge in [0.25, 0.3) is 11.8 Å². The number of hydrogen-bond acceptors (Lipinski definition) is 5. The van der Waals surface area contributed by atoms with Crippen LogP contribution in [0.3, 0.4) is 0 Å². The van der Waals surface area contributed by atoms with Gasteiger partial charge < -0.3 is 19.0 Å². The molecule has 7 nitrogen and oxygen atoms in total. The summed E-state index contributed by atoms with van der Waals surface area (Å²) in [5, 5.41) is 0. The summed E-state index contributed by atoms with van der Waals surface area (Å²) in [6, 6.07) is 6.75. The minimum absolute atomic E-state index is 0.128. The summed E-state index contributed by atoms with van der Waals surface area (Å²) in [6.07, 6.45) is 3.08. The molecule has 0 aromatic carbocycles. The molecule has 126 valence electrons. The van der Waals surface area contributed by atoms with E-state index >= 15 is 0 Å². The summed E-state index contributed by atoms with van der Waals surface area (Å²) in [7, 11) is 0. The van der Waals surface area contributed by atoms with Crippen LogP contribution in [-0.2, 0) is 0 Å². The van der Waals surface area contributed by atoms with E-state index in [9.17, 15) is 9.59 Å². The molecule has 0 spiro atoms. The highest BCUT2D eigenvalue weighted by atomic mass is 16.5. The van der Waals surface area contributed by atoms with Gasteiger partial charge in [-0.2, -0.15) is 0 Å². The average molecular weight is 329 g/mol. The van der Waals surface area contributed by atoms with E-state index in [-0.39, 0.29) is 11.8 Å². The fourth-order valence-electron chi connectivity index (χ4n) is 2.64. The Labute approximate surface area is 139 Å². The molecule has 0 atom stereocenters. The summed E-state index contributed by atoms with van der Waals surface area (Å²) in [5.41, 5.74) is 0.449. The number of aromatic nitrogens is 1. The molecule has 0 radical (unpaired) electrons. The summed E-state index contributed by atoms with van der Waals surface area (Å²) in [5.74, 6) is 0.389. The number of rotatable bonds is 4. The monoisotopic (exact) mass is 329 g/mol. The number of carbonyl (C=O) groups is 2. The van der Waals surface area contributed by atoms with Gasteiger partial charge in [0.05, 0.1) is 12.9 Å². The molecular weight excluding hydrogens is 310 g/mol. The van der Waals surface area contributed by atoms with Gasteiger partial charge in [-0.15, -0.1) is 0 Å². The average Bonchev–Trinajstić information content (AvgIpc) is 3.16. The minimum Gasteiger partial charge on any atom is -0.477 e. The molecule has 1 fully saturated rings. The van der Waals surface area contributed by atoms with E-state index in [0.29, 0.717) is 50.0 Å². The van der Waals surface area contributed by atoms with Crippen molar-refractivity contribution in [1.82, 2.24) is 14.8 Å². The van der Waals surface area contributed by atoms with Gasteiger partial charge >= 0.3 is 0 Å². The zero-order valence-corrected chi connectivity index (χ0v) is 13.5. The summed E-state index contributed by atoms with van der Waals surface area (Å²) in [4.78, 5) is 32.4. The Morgan fingerprint density at radius 2 is 1.83 bits per heavy atom. The van der Waals surface area contributed by atoms with Crippen LogP contribution in [0.15, 0.2) is 41.1 Å². The van der Waals surface area contributed by atoms with E-state index in [2.05, 4.69) is 4.98 Å². The smallest absolute Gasteiger partial charge is 0.289 e. The van der Waals surface area contributed by atoms with Crippen molar-refractivity contribution < 1.29 is 18.7 Å². The van der Waals surface area contributed by atoms with E-state index in [1.54, 1.807) is 40.3 Å². The van der Waals surface area contributed by atoms with Gasteiger partial charge in [0, 0.05) is 32.4 Å². The molecule has 0 unspecified atom stereocenters. The molecule has 1 saturated heterocycles. The summed E-state index contributed by atoms with van der Waals surface area (Å²) in [6.45, 7) is 4.16. The highest BCUT2D eigenvalue weighted by Crippen LogP contribution is 2.18. The first-order valence-corrected chi connectivity index (χ1v) is 7.90. The number of nitrogens with zero attached hydrogens (tertiary/aromatic N) is 3. The largest absolute Gasteiger partial charge is 0.477 e. The van der Waals surface area contributed by atoms with E-state index in [4.69, 9.17) is 9.15 Å². The number of furan rings is 1. The van der Waals surface area contributed by atoms with Crippen LogP contribution in [0.2, 0.25) is 0 Å². The van der Waals surface area contributed by atoms with Gasteiger partial charge in [-0.05, 0) is 31.2 Å². The molecule has 3 rings (SSSR count). The van der Waals surface area contributed by atoms with E-state index in [0.717, 1.165) is 0 Å². The number of carbonyl (C=O) groups excluding carboxylic acids is 2. The fraction of sp³-hybridized carbons (Fsp3) is 0.353. The lowest BCUT2D eigenvalue weighted by Crippen LogP contribution is -2.50. The molecule has 2 aromatic rings. The maximum Gasteiger partial charge on any atom is 0.289 e. The van der Waals surface area contributed by atoms with E-state index < -0.39 is 0 Å². The van der Waals surface area contributed by atoms with Gasteiger partial charge in [-0.1, -0.05) is 0 Å². The van der Waals surface area contributed by atoms with Gasteiger partial charge in [-0.3, -0.25) is 9.59 Å². The maximum absolute atomic E-state index is 12.7. The molecule has 0 saturated carbocycles. The Hall–Kier alpha value is -2.83. The molecule has 2 amide bonds. The van der Waals surface area contributed by atoms with Gasteiger partial charge in [-0.25, -0.2) is 4.98 Å². The minimum atomic E-state index is -0.150. The third-order valence-corrected chi connectivity index (χ3v) is 3.87. The SMILES string of the molecule is CCOc1ncccc1C(=O)N1CCN(C(=O)c2ccco2)CC1. The molecule has 1 aliphatic heterocycles. The second-order valence-electron chi connectivity index (χ2n) is 5.35. The third-order valence-electron chi connectivity index (χ3n) is 3.87. The standard InChI is InChI=1S/C17H19N3O4/c1-2-23-15-13(5-3-7-18-15)16(21)19-8-10-20(11-9-19)17(22)14-6-4-12-24-14/h3-7,12H,2,8-11H2,1H3. The van der Waals surface area contributed by atoms with Crippen LogP contribution in [0, 0.1) is 0 Å². The summed E-state index contributed by atoms with van der Waals surface area (Å²) < 4.78 is 10.6. The zero-order valence-electron chi connectivity index (χ0n) is 13.5.